The fourth-order valence-electron chi connectivity index (χ4n) is 2.56. The lowest BCUT2D eigenvalue weighted by Crippen LogP contribution is -2.36. The lowest BCUT2D eigenvalue weighted by molar-refractivity contribution is 0.0518. The van der Waals surface area contributed by atoms with E-state index in [1.165, 1.54) is 6.33 Å². The van der Waals surface area contributed by atoms with Crippen molar-refractivity contribution in [1.29, 1.82) is 0 Å². The van der Waals surface area contributed by atoms with Crippen LogP contribution in [0.4, 0.5) is 4.79 Å². The topological polar surface area (TPSA) is 81.9 Å². The minimum atomic E-state index is -0.511. The second kappa shape index (κ2) is 7.57. The zero-order chi connectivity index (χ0) is 19.4. The number of amides is 1. The van der Waals surface area contributed by atoms with Crippen molar-refractivity contribution in [3.8, 4) is 5.69 Å². The number of nitrogens with zero attached hydrogens (tertiary/aromatic N) is 4. The maximum absolute atomic E-state index is 11.8. The molecule has 0 aliphatic carbocycles. The number of ether oxygens (including phenoxy) is 1. The molecule has 140 valence electrons. The van der Waals surface area contributed by atoms with Gasteiger partial charge in [0.05, 0.1) is 24.1 Å². The van der Waals surface area contributed by atoms with Crippen molar-refractivity contribution in [3.63, 3.8) is 0 Å². The highest BCUT2D eigenvalue weighted by atomic mass is 16.6. The molecule has 1 aromatic carbocycles. The second-order valence-corrected chi connectivity index (χ2v) is 7.27. The van der Waals surface area contributed by atoms with Crippen LogP contribution in [0.3, 0.4) is 0 Å². The fourth-order valence-corrected chi connectivity index (χ4v) is 2.56. The van der Waals surface area contributed by atoms with Gasteiger partial charge in [-0.3, -0.25) is 0 Å². The average molecular weight is 365 g/mol. The summed E-state index contributed by atoms with van der Waals surface area (Å²) in [5, 5.41) is 8.21. The Kier molecular flexibility index (Phi) is 5.21. The maximum atomic E-state index is 11.8. The first-order valence-electron chi connectivity index (χ1n) is 8.73. The van der Waals surface area contributed by atoms with Crippen LogP contribution < -0.4 is 5.32 Å². The lowest BCUT2D eigenvalue weighted by Gasteiger charge is -2.20. The molecule has 7 nitrogen and oxygen atoms in total. The maximum Gasteiger partial charge on any atom is 0.408 e. The number of hydrogen-bond donors (Lipinski definition) is 1. The van der Waals surface area contributed by atoms with E-state index in [1.54, 1.807) is 17.1 Å². The Labute approximate surface area is 158 Å². The zero-order valence-electron chi connectivity index (χ0n) is 15.9. The largest absolute Gasteiger partial charge is 0.444 e. The first kappa shape index (κ1) is 18.6. The lowest BCUT2D eigenvalue weighted by atomic mass is 10.1. The molecule has 1 atom stereocenters. The molecule has 27 heavy (non-hydrogen) atoms. The highest BCUT2D eigenvalue weighted by Gasteiger charge is 2.16. The molecule has 7 heteroatoms. The number of aromatic nitrogens is 4. The van der Waals surface area contributed by atoms with Crippen molar-refractivity contribution in [1.82, 2.24) is 25.1 Å². The van der Waals surface area contributed by atoms with Gasteiger partial charge in [-0.15, -0.1) is 0 Å². The Morgan fingerprint density at radius 2 is 1.96 bits per heavy atom. The van der Waals surface area contributed by atoms with E-state index < -0.39 is 11.7 Å². The Morgan fingerprint density at radius 3 is 2.67 bits per heavy atom. The first-order valence-corrected chi connectivity index (χ1v) is 8.73. The summed E-state index contributed by atoms with van der Waals surface area (Å²) in [6, 6.07) is 5.89. The molecule has 0 fully saturated rings. The molecule has 1 amide bonds. The van der Waals surface area contributed by atoms with Crippen molar-refractivity contribution in [3.05, 3.63) is 54.8 Å². The first-order chi connectivity index (χ1) is 12.8. The molecule has 0 saturated heterocycles. The number of rotatable bonds is 4. The normalized spacial score (nSPS) is 13.0. The third-order valence-corrected chi connectivity index (χ3v) is 3.71. The number of hydrogen-bond acceptors (Lipinski definition) is 5. The van der Waals surface area contributed by atoms with E-state index in [-0.39, 0.29) is 6.04 Å². The molecule has 0 aliphatic rings. The van der Waals surface area contributed by atoms with Crippen molar-refractivity contribution in [2.75, 3.05) is 0 Å². The average Bonchev–Trinajstić information content (AvgIpc) is 3.02. The molecule has 0 radical (unpaired) electrons. The van der Waals surface area contributed by atoms with Gasteiger partial charge in [0.2, 0.25) is 0 Å². The van der Waals surface area contributed by atoms with E-state index in [0.717, 1.165) is 22.2 Å². The van der Waals surface area contributed by atoms with Gasteiger partial charge in [0.15, 0.2) is 0 Å². The SMILES string of the molecule is C[C@@H](/C=C/c1ccc2c(cnn2-c2cncnc2)c1)NC(=O)OC(C)(C)C. The summed E-state index contributed by atoms with van der Waals surface area (Å²) >= 11 is 0. The Bertz CT molecular complexity index is 957. The molecule has 0 aliphatic heterocycles. The van der Waals surface area contributed by atoms with Crippen molar-refractivity contribution in [2.45, 2.75) is 39.3 Å². The minimum Gasteiger partial charge on any atom is -0.444 e. The second-order valence-electron chi connectivity index (χ2n) is 7.27. The number of nitrogens with one attached hydrogen (secondary N) is 1. The van der Waals surface area contributed by atoms with Crippen LogP contribution in [0.25, 0.3) is 22.7 Å². The smallest absolute Gasteiger partial charge is 0.408 e. The van der Waals surface area contributed by atoms with Gasteiger partial charge in [-0.25, -0.2) is 19.4 Å². The van der Waals surface area contributed by atoms with Gasteiger partial charge in [-0.05, 0) is 45.4 Å². The summed E-state index contributed by atoms with van der Waals surface area (Å²) in [5.41, 5.74) is 2.29. The molecule has 2 heterocycles. The molecule has 0 saturated carbocycles. The third kappa shape index (κ3) is 4.91. The summed E-state index contributed by atoms with van der Waals surface area (Å²) < 4.78 is 7.06. The van der Waals surface area contributed by atoms with E-state index in [9.17, 15) is 4.79 Å². The standard InChI is InChI=1S/C20H23N5O2/c1-14(24-19(26)27-20(2,3)4)5-6-15-7-8-18-16(9-15)10-23-25(18)17-11-21-13-22-12-17/h5-14H,1-4H3,(H,24,26)/b6-5+/t14-/m0/s1. The van der Waals surface area contributed by atoms with Crippen LogP contribution in [0.1, 0.15) is 33.3 Å². The van der Waals surface area contributed by atoms with Crippen molar-refractivity contribution in [2.24, 2.45) is 0 Å². The quantitative estimate of drug-likeness (QED) is 0.761. The summed E-state index contributed by atoms with van der Waals surface area (Å²) in [6.07, 6.45) is 10.2. The van der Waals surface area contributed by atoms with E-state index >= 15 is 0 Å². The van der Waals surface area contributed by atoms with Gasteiger partial charge in [-0.2, -0.15) is 5.10 Å². The molecule has 2 aromatic heterocycles. The Balaban J connectivity index is 1.71. The molecule has 3 rings (SSSR count). The van der Waals surface area contributed by atoms with Crippen LogP contribution in [0, 0.1) is 0 Å². The predicted molar refractivity (Wildman–Crippen MR) is 105 cm³/mol. The van der Waals surface area contributed by atoms with Crippen LogP contribution in [0.5, 0.6) is 0 Å². The fraction of sp³-hybridized carbons (Fsp3) is 0.300. The van der Waals surface area contributed by atoms with Crippen LogP contribution >= 0.6 is 0 Å². The predicted octanol–water partition coefficient (Wildman–Crippen LogP) is 3.74. The molecule has 0 bridgehead atoms. The Morgan fingerprint density at radius 1 is 1.22 bits per heavy atom. The molecule has 0 spiro atoms. The van der Waals surface area contributed by atoms with Crippen LogP contribution in [0.15, 0.2) is 49.2 Å². The summed E-state index contributed by atoms with van der Waals surface area (Å²) in [7, 11) is 0. The minimum absolute atomic E-state index is 0.153. The van der Waals surface area contributed by atoms with E-state index in [0.29, 0.717) is 0 Å². The van der Waals surface area contributed by atoms with E-state index in [1.807, 2.05) is 64.2 Å². The molecule has 0 unspecified atom stereocenters. The summed E-state index contributed by atoms with van der Waals surface area (Å²) in [5.74, 6) is 0. The number of benzene rings is 1. The monoisotopic (exact) mass is 365 g/mol. The summed E-state index contributed by atoms with van der Waals surface area (Å²) in [6.45, 7) is 7.41. The van der Waals surface area contributed by atoms with Gasteiger partial charge in [0.25, 0.3) is 0 Å². The third-order valence-electron chi connectivity index (χ3n) is 3.71. The van der Waals surface area contributed by atoms with Crippen molar-refractivity contribution < 1.29 is 9.53 Å². The number of alkyl carbamates (subject to hydrolysis) is 1. The van der Waals surface area contributed by atoms with Crippen LogP contribution in [0.2, 0.25) is 0 Å². The van der Waals surface area contributed by atoms with Gasteiger partial charge < -0.3 is 10.1 Å². The molecule has 3 aromatic rings. The Hall–Kier alpha value is -3.22. The van der Waals surface area contributed by atoms with Crippen LogP contribution in [-0.4, -0.2) is 37.5 Å². The zero-order valence-corrected chi connectivity index (χ0v) is 15.9. The van der Waals surface area contributed by atoms with Gasteiger partial charge in [0.1, 0.15) is 17.6 Å². The van der Waals surface area contributed by atoms with Crippen molar-refractivity contribution >= 4 is 23.1 Å². The molecule has 1 N–H and O–H groups in total. The number of carbonyl (C=O) groups is 1. The van der Waals surface area contributed by atoms with Crippen LogP contribution in [-0.2, 0) is 4.74 Å². The highest BCUT2D eigenvalue weighted by molar-refractivity contribution is 5.82. The van der Waals surface area contributed by atoms with Gasteiger partial charge in [0, 0.05) is 11.4 Å². The van der Waals surface area contributed by atoms with E-state index in [2.05, 4.69) is 20.4 Å². The highest BCUT2D eigenvalue weighted by Crippen LogP contribution is 2.19. The van der Waals surface area contributed by atoms with Gasteiger partial charge >= 0.3 is 6.09 Å². The number of fused-ring (bicyclic) bond motifs is 1. The molecular formula is C20H23N5O2. The van der Waals surface area contributed by atoms with E-state index in [4.69, 9.17) is 4.74 Å². The molecular weight excluding hydrogens is 342 g/mol. The van der Waals surface area contributed by atoms with Gasteiger partial charge in [-0.1, -0.05) is 18.2 Å². The summed E-state index contributed by atoms with van der Waals surface area (Å²) in [4.78, 5) is 19.9. The number of carbonyl (C=O) groups excluding carboxylic acids is 1.